The first kappa shape index (κ1) is 31.1. The van der Waals surface area contributed by atoms with Crippen molar-refractivity contribution < 1.29 is 40.3 Å². The predicted molar refractivity (Wildman–Crippen MR) is 136 cm³/mol. The van der Waals surface area contributed by atoms with Crippen LogP contribution in [0.2, 0.25) is 0 Å². The number of pyridine rings is 1. The van der Waals surface area contributed by atoms with Crippen molar-refractivity contribution in [2.75, 3.05) is 11.4 Å². The molecule has 0 spiro atoms. The topological polar surface area (TPSA) is 89.3 Å². The maximum atomic E-state index is 14.7. The molecule has 2 fully saturated rings. The third-order valence-electron chi connectivity index (χ3n) is 7.69. The fraction of sp³-hybridized carbons (Fsp3) is 0.500. The highest BCUT2D eigenvalue weighted by Crippen LogP contribution is 2.53. The number of benzene rings is 1. The van der Waals surface area contributed by atoms with E-state index in [-0.39, 0.29) is 30.3 Å². The molecule has 0 bridgehead atoms. The average molecular weight is 600 g/mol. The van der Waals surface area contributed by atoms with Crippen LogP contribution in [0.1, 0.15) is 62.1 Å². The largest absolute Gasteiger partial charge is 0.435 e. The van der Waals surface area contributed by atoms with E-state index in [0.29, 0.717) is 31.4 Å². The molecule has 2 atom stereocenters. The monoisotopic (exact) mass is 599 g/mol. The van der Waals surface area contributed by atoms with Crippen molar-refractivity contribution in [3.8, 4) is 6.19 Å². The van der Waals surface area contributed by atoms with Gasteiger partial charge in [0.2, 0.25) is 5.91 Å². The lowest BCUT2D eigenvalue weighted by Gasteiger charge is -2.36. The van der Waals surface area contributed by atoms with Crippen LogP contribution in [0.5, 0.6) is 0 Å². The zero-order valence-corrected chi connectivity index (χ0v) is 22.3. The zero-order valence-electron chi connectivity index (χ0n) is 22.3. The van der Waals surface area contributed by atoms with Crippen LogP contribution in [0.15, 0.2) is 48.8 Å². The summed E-state index contributed by atoms with van der Waals surface area (Å²) in [7, 11) is 0. The Hall–Kier alpha value is -3.89. The number of alkyl halides is 7. The van der Waals surface area contributed by atoms with Crippen LogP contribution in [0.3, 0.4) is 0 Å². The molecule has 0 radical (unpaired) electrons. The second kappa shape index (κ2) is 12.1. The minimum Gasteiger partial charge on any atom is -0.351 e. The molecule has 1 saturated carbocycles. The maximum Gasteiger partial charge on any atom is 0.435 e. The van der Waals surface area contributed by atoms with E-state index in [1.165, 1.54) is 29.4 Å². The molecule has 1 N–H and O–H groups in total. The van der Waals surface area contributed by atoms with Crippen molar-refractivity contribution in [1.29, 1.82) is 5.26 Å². The van der Waals surface area contributed by atoms with Crippen LogP contribution < -0.4 is 10.2 Å². The van der Waals surface area contributed by atoms with Crippen molar-refractivity contribution in [2.45, 2.75) is 81.1 Å². The zero-order chi connectivity index (χ0) is 30.7. The quantitative estimate of drug-likeness (QED) is 0.319. The van der Waals surface area contributed by atoms with Crippen molar-refractivity contribution in [1.82, 2.24) is 15.2 Å². The van der Waals surface area contributed by atoms with E-state index in [9.17, 15) is 45.6 Å². The number of anilines is 1. The second-order valence-electron chi connectivity index (χ2n) is 10.4. The number of likely N-dealkylation sites (tertiary alicyclic amines) is 1. The highest BCUT2D eigenvalue weighted by molar-refractivity contribution is 6.04. The molecule has 4 rings (SSSR count). The first-order valence-corrected chi connectivity index (χ1v) is 13.4. The minimum absolute atomic E-state index is 0.211. The van der Waals surface area contributed by atoms with Gasteiger partial charge in [0, 0.05) is 41.8 Å². The summed E-state index contributed by atoms with van der Waals surface area (Å²) in [5.74, 6) is -1.41. The first-order chi connectivity index (χ1) is 19.8. The van der Waals surface area contributed by atoms with Crippen LogP contribution in [0.25, 0.3) is 0 Å². The Morgan fingerprint density at radius 1 is 0.952 bits per heavy atom. The SMILES string of the molecule is N#CN1CCC[C@@H]1C(=O)N(c1ccc(C(F)(C(F)(F)F)C(F)(F)F)cc1)C(C(=O)NC1CCCCC1)c1cccnc1. The number of rotatable bonds is 7. The Morgan fingerprint density at radius 3 is 2.14 bits per heavy atom. The third kappa shape index (κ3) is 6.00. The molecule has 2 aromatic rings. The summed E-state index contributed by atoms with van der Waals surface area (Å²) in [5, 5.41) is 12.5. The lowest BCUT2D eigenvalue weighted by Crippen LogP contribution is -2.52. The van der Waals surface area contributed by atoms with Crippen LogP contribution in [-0.2, 0) is 15.3 Å². The molecule has 1 aliphatic heterocycles. The van der Waals surface area contributed by atoms with Gasteiger partial charge >= 0.3 is 18.0 Å². The molecule has 1 saturated heterocycles. The molecule has 42 heavy (non-hydrogen) atoms. The highest BCUT2D eigenvalue weighted by Gasteiger charge is 2.73. The highest BCUT2D eigenvalue weighted by atomic mass is 19.4. The molecule has 14 heteroatoms. The summed E-state index contributed by atoms with van der Waals surface area (Å²) in [4.78, 5) is 34.0. The summed E-state index contributed by atoms with van der Waals surface area (Å²) in [6.07, 6.45) is -3.20. The molecule has 7 nitrogen and oxygen atoms in total. The van der Waals surface area contributed by atoms with E-state index in [1.54, 1.807) is 0 Å². The number of nitriles is 1. The van der Waals surface area contributed by atoms with Gasteiger partial charge in [-0.15, -0.1) is 0 Å². The number of carbonyl (C=O) groups excluding carboxylic acids is 2. The van der Waals surface area contributed by atoms with Crippen LogP contribution >= 0.6 is 0 Å². The molecule has 2 heterocycles. The minimum atomic E-state index is -6.32. The predicted octanol–water partition coefficient (Wildman–Crippen LogP) is 5.84. The van der Waals surface area contributed by atoms with Gasteiger partial charge in [-0.3, -0.25) is 24.4 Å². The number of halogens is 7. The molecular formula is C28H28F7N5O2. The van der Waals surface area contributed by atoms with Crippen LogP contribution in [-0.4, -0.2) is 52.7 Å². The fourth-order valence-electron chi connectivity index (χ4n) is 5.53. The van der Waals surface area contributed by atoms with Gasteiger partial charge in [-0.25, -0.2) is 4.39 Å². The average Bonchev–Trinajstić information content (AvgIpc) is 3.44. The van der Waals surface area contributed by atoms with Gasteiger partial charge < -0.3 is 5.32 Å². The summed E-state index contributed by atoms with van der Waals surface area (Å²) >= 11 is 0. The van der Waals surface area contributed by atoms with E-state index in [4.69, 9.17) is 0 Å². The summed E-state index contributed by atoms with van der Waals surface area (Å²) in [6.45, 7) is 0.243. The van der Waals surface area contributed by atoms with E-state index in [0.717, 1.165) is 36.3 Å². The Bertz CT molecular complexity index is 1270. The molecule has 226 valence electrons. The smallest absolute Gasteiger partial charge is 0.351 e. The standard InChI is InChI=1S/C28H28F7N5O2/c29-26(27(30,31)32,28(33,34)35)19-10-12-21(13-11-19)40(25(42)22-9-5-15-39(22)17-36)23(18-6-4-14-37-16-18)24(41)38-20-7-2-1-3-8-20/h4,6,10-14,16,20,22-23H,1-3,5,7-9,15H2,(H,38,41)/t22-,23?/m1/s1. The number of nitrogens with zero attached hydrogens (tertiary/aromatic N) is 4. The first-order valence-electron chi connectivity index (χ1n) is 13.4. The Morgan fingerprint density at radius 2 is 1.60 bits per heavy atom. The van der Waals surface area contributed by atoms with Crippen molar-refractivity contribution in [3.63, 3.8) is 0 Å². The van der Waals surface area contributed by atoms with Crippen LogP contribution in [0, 0.1) is 11.5 Å². The van der Waals surface area contributed by atoms with Crippen molar-refractivity contribution >= 4 is 17.5 Å². The lowest BCUT2D eigenvalue weighted by atomic mass is 9.93. The fourth-order valence-corrected chi connectivity index (χ4v) is 5.53. The third-order valence-corrected chi connectivity index (χ3v) is 7.69. The molecule has 1 aromatic carbocycles. The summed E-state index contributed by atoms with van der Waals surface area (Å²) < 4.78 is 95.0. The van der Waals surface area contributed by atoms with Gasteiger partial charge in [-0.05, 0) is 43.9 Å². The van der Waals surface area contributed by atoms with E-state index < -0.39 is 47.5 Å². The molecule has 2 aliphatic rings. The number of aromatic nitrogens is 1. The van der Waals surface area contributed by atoms with Crippen LogP contribution in [0.4, 0.5) is 36.4 Å². The normalized spacial score (nSPS) is 19.2. The van der Waals surface area contributed by atoms with Crippen molar-refractivity contribution in [2.24, 2.45) is 0 Å². The van der Waals surface area contributed by atoms with Gasteiger partial charge in [-0.2, -0.15) is 31.6 Å². The Balaban J connectivity index is 1.83. The van der Waals surface area contributed by atoms with Crippen molar-refractivity contribution in [3.05, 3.63) is 59.9 Å². The number of hydrogen-bond acceptors (Lipinski definition) is 5. The summed E-state index contributed by atoms with van der Waals surface area (Å²) in [6, 6.07) is 2.38. The lowest BCUT2D eigenvalue weighted by molar-refractivity contribution is -0.348. The molecule has 1 unspecified atom stereocenters. The van der Waals surface area contributed by atoms with E-state index in [2.05, 4.69) is 10.3 Å². The Labute approximate surface area is 237 Å². The Kier molecular flexibility index (Phi) is 8.98. The second-order valence-corrected chi connectivity index (χ2v) is 10.4. The van der Waals surface area contributed by atoms with Gasteiger partial charge in [0.25, 0.3) is 5.91 Å². The number of hydrogen-bond donors (Lipinski definition) is 1. The molecule has 2 amide bonds. The number of carbonyl (C=O) groups is 2. The maximum absolute atomic E-state index is 14.7. The summed E-state index contributed by atoms with van der Waals surface area (Å²) in [5.41, 5.74) is -7.44. The van der Waals surface area contributed by atoms with Gasteiger partial charge in [0.15, 0.2) is 6.19 Å². The number of amides is 2. The van der Waals surface area contributed by atoms with Gasteiger partial charge in [-0.1, -0.05) is 37.5 Å². The van der Waals surface area contributed by atoms with E-state index in [1.807, 2.05) is 6.19 Å². The number of nitrogens with one attached hydrogen (secondary N) is 1. The van der Waals surface area contributed by atoms with Gasteiger partial charge in [0.05, 0.1) is 0 Å². The van der Waals surface area contributed by atoms with Gasteiger partial charge in [0.1, 0.15) is 12.1 Å². The van der Waals surface area contributed by atoms with E-state index >= 15 is 0 Å². The molecular weight excluding hydrogens is 571 g/mol. The molecule has 1 aromatic heterocycles. The molecule has 1 aliphatic carbocycles.